The molecular formula is C10H6ClN5. The first-order valence-electron chi connectivity index (χ1n) is 4.64. The molecule has 3 aromatic rings. The lowest BCUT2D eigenvalue weighted by atomic mass is 10.3. The van der Waals surface area contributed by atoms with E-state index in [0.717, 1.165) is 11.0 Å². The molecule has 0 bridgehead atoms. The van der Waals surface area contributed by atoms with Crippen LogP contribution < -0.4 is 0 Å². The third kappa shape index (κ3) is 1.42. The summed E-state index contributed by atoms with van der Waals surface area (Å²) in [6.45, 7) is 0. The topological polar surface area (TPSA) is 56.5 Å². The number of para-hydroxylation sites is 1. The Hall–Kier alpha value is -2.01. The number of hydrogen-bond acceptors (Lipinski definition) is 4. The number of halogens is 1. The fourth-order valence-electron chi connectivity index (χ4n) is 1.48. The third-order valence-corrected chi connectivity index (χ3v) is 2.36. The van der Waals surface area contributed by atoms with Crippen molar-refractivity contribution in [1.82, 2.24) is 25.0 Å². The quantitative estimate of drug-likeness (QED) is 0.600. The largest absolute Gasteiger partial charge is 0.226 e. The highest BCUT2D eigenvalue weighted by Gasteiger charge is 2.06. The van der Waals surface area contributed by atoms with Gasteiger partial charge in [-0.3, -0.25) is 0 Å². The summed E-state index contributed by atoms with van der Waals surface area (Å²) in [5, 5.41) is 8.25. The van der Waals surface area contributed by atoms with Gasteiger partial charge in [0, 0.05) is 12.3 Å². The monoisotopic (exact) mass is 231 g/mol. The van der Waals surface area contributed by atoms with Crippen molar-refractivity contribution >= 4 is 22.6 Å². The van der Waals surface area contributed by atoms with Gasteiger partial charge in [-0.15, -0.1) is 5.10 Å². The molecule has 0 aliphatic rings. The molecule has 16 heavy (non-hydrogen) atoms. The van der Waals surface area contributed by atoms with Gasteiger partial charge in [-0.05, 0) is 23.7 Å². The molecule has 3 rings (SSSR count). The molecule has 0 radical (unpaired) electrons. The molecule has 0 N–H and O–H groups in total. The Labute approximate surface area is 95.7 Å². The van der Waals surface area contributed by atoms with Crippen molar-refractivity contribution in [1.29, 1.82) is 0 Å². The average Bonchev–Trinajstić information content (AvgIpc) is 2.72. The van der Waals surface area contributed by atoms with E-state index in [1.807, 2.05) is 24.3 Å². The molecule has 0 fully saturated rings. The first kappa shape index (κ1) is 9.23. The third-order valence-electron chi connectivity index (χ3n) is 2.18. The normalized spacial score (nSPS) is 10.8. The molecule has 0 aliphatic carbocycles. The van der Waals surface area contributed by atoms with Crippen molar-refractivity contribution in [2.45, 2.75) is 0 Å². The van der Waals surface area contributed by atoms with E-state index in [1.54, 1.807) is 16.9 Å². The van der Waals surface area contributed by atoms with Crippen molar-refractivity contribution in [2.24, 2.45) is 0 Å². The van der Waals surface area contributed by atoms with Crippen LogP contribution in [0.2, 0.25) is 5.28 Å². The van der Waals surface area contributed by atoms with Crippen LogP contribution in [-0.4, -0.2) is 25.0 Å². The summed E-state index contributed by atoms with van der Waals surface area (Å²) in [7, 11) is 0. The van der Waals surface area contributed by atoms with Crippen LogP contribution in [0.25, 0.3) is 16.9 Å². The Morgan fingerprint density at radius 3 is 2.88 bits per heavy atom. The summed E-state index contributed by atoms with van der Waals surface area (Å²) >= 11 is 5.73. The molecule has 0 amide bonds. The fourth-order valence-corrected chi connectivity index (χ4v) is 1.63. The zero-order valence-electron chi connectivity index (χ0n) is 8.08. The maximum absolute atomic E-state index is 5.73. The van der Waals surface area contributed by atoms with Crippen LogP contribution in [0.15, 0.2) is 36.5 Å². The fraction of sp³-hybridized carbons (Fsp3) is 0. The lowest BCUT2D eigenvalue weighted by molar-refractivity contribution is 0.797. The van der Waals surface area contributed by atoms with E-state index in [1.165, 1.54) is 0 Å². The molecule has 0 atom stereocenters. The summed E-state index contributed by atoms with van der Waals surface area (Å²) in [6, 6.07) is 9.37. The molecule has 1 aromatic carbocycles. The molecule has 5 nitrogen and oxygen atoms in total. The van der Waals surface area contributed by atoms with Crippen LogP contribution in [0.5, 0.6) is 0 Å². The van der Waals surface area contributed by atoms with Crippen molar-refractivity contribution in [3.63, 3.8) is 0 Å². The van der Waals surface area contributed by atoms with Gasteiger partial charge in [0.05, 0.1) is 5.52 Å². The minimum Gasteiger partial charge on any atom is -0.226 e. The van der Waals surface area contributed by atoms with Gasteiger partial charge >= 0.3 is 0 Å². The summed E-state index contributed by atoms with van der Waals surface area (Å²) in [6.07, 6.45) is 1.58. The highest BCUT2D eigenvalue weighted by Crippen LogP contribution is 2.14. The molecule has 2 heterocycles. The van der Waals surface area contributed by atoms with Crippen LogP contribution in [0.4, 0.5) is 0 Å². The molecule has 0 spiro atoms. The van der Waals surface area contributed by atoms with Crippen LogP contribution in [0.3, 0.4) is 0 Å². The Bertz CT molecular complexity index is 648. The predicted octanol–water partition coefficient (Wildman–Crippen LogP) is 1.86. The van der Waals surface area contributed by atoms with E-state index in [2.05, 4.69) is 20.3 Å². The lowest BCUT2D eigenvalue weighted by Crippen LogP contribution is -2.00. The van der Waals surface area contributed by atoms with Crippen LogP contribution in [-0.2, 0) is 0 Å². The SMILES string of the molecule is Clc1nccc(-n2nnc3ccccc32)n1. The molecule has 6 heteroatoms. The minimum atomic E-state index is 0.192. The van der Waals surface area contributed by atoms with Gasteiger partial charge in [-0.1, -0.05) is 17.3 Å². The first-order valence-corrected chi connectivity index (χ1v) is 5.02. The number of nitrogens with zero attached hydrogens (tertiary/aromatic N) is 5. The van der Waals surface area contributed by atoms with Crippen molar-refractivity contribution in [3.8, 4) is 5.82 Å². The smallest absolute Gasteiger partial charge is 0.224 e. The van der Waals surface area contributed by atoms with Gasteiger partial charge in [0.15, 0.2) is 5.82 Å². The predicted molar refractivity (Wildman–Crippen MR) is 59.5 cm³/mol. The molecule has 0 unspecified atom stereocenters. The van der Waals surface area contributed by atoms with E-state index >= 15 is 0 Å². The molecule has 0 saturated carbocycles. The second-order valence-corrected chi connectivity index (χ2v) is 3.51. The Balaban J connectivity index is 2.26. The number of benzene rings is 1. The van der Waals surface area contributed by atoms with E-state index in [-0.39, 0.29) is 5.28 Å². The van der Waals surface area contributed by atoms with Gasteiger partial charge in [0.25, 0.3) is 0 Å². The van der Waals surface area contributed by atoms with Gasteiger partial charge in [0.2, 0.25) is 5.28 Å². The summed E-state index contributed by atoms with van der Waals surface area (Å²) in [4.78, 5) is 7.90. The molecule has 0 aliphatic heterocycles. The summed E-state index contributed by atoms with van der Waals surface area (Å²) < 4.78 is 1.63. The second-order valence-electron chi connectivity index (χ2n) is 3.17. The number of hydrogen-bond donors (Lipinski definition) is 0. The Kier molecular flexibility index (Phi) is 2.04. The van der Waals surface area contributed by atoms with Crippen LogP contribution in [0.1, 0.15) is 0 Å². The standard InChI is InChI=1S/C10H6ClN5/c11-10-12-6-5-9(13-10)16-8-4-2-1-3-7(8)14-15-16/h1-6H. The van der Waals surface area contributed by atoms with Gasteiger partial charge in [0.1, 0.15) is 5.52 Å². The van der Waals surface area contributed by atoms with Gasteiger partial charge in [-0.25, -0.2) is 4.98 Å². The van der Waals surface area contributed by atoms with Gasteiger partial charge in [-0.2, -0.15) is 9.67 Å². The average molecular weight is 232 g/mol. The lowest BCUT2D eigenvalue weighted by Gasteiger charge is -1.99. The minimum absolute atomic E-state index is 0.192. The van der Waals surface area contributed by atoms with Crippen molar-refractivity contribution in [3.05, 3.63) is 41.8 Å². The number of fused-ring (bicyclic) bond motifs is 1. The van der Waals surface area contributed by atoms with Crippen LogP contribution in [0, 0.1) is 0 Å². The number of aromatic nitrogens is 5. The summed E-state index contributed by atoms with van der Waals surface area (Å²) in [5.74, 6) is 0.605. The molecular weight excluding hydrogens is 226 g/mol. The first-order chi connectivity index (χ1) is 7.84. The zero-order valence-corrected chi connectivity index (χ0v) is 8.83. The van der Waals surface area contributed by atoms with Crippen molar-refractivity contribution < 1.29 is 0 Å². The highest BCUT2D eigenvalue weighted by atomic mass is 35.5. The highest BCUT2D eigenvalue weighted by molar-refractivity contribution is 6.28. The zero-order chi connectivity index (χ0) is 11.0. The van der Waals surface area contributed by atoms with E-state index in [9.17, 15) is 0 Å². The van der Waals surface area contributed by atoms with Crippen molar-refractivity contribution in [2.75, 3.05) is 0 Å². The second kappa shape index (κ2) is 3.53. The molecule has 78 valence electrons. The van der Waals surface area contributed by atoms with E-state index in [0.29, 0.717) is 5.82 Å². The van der Waals surface area contributed by atoms with E-state index < -0.39 is 0 Å². The Morgan fingerprint density at radius 2 is 2.00 bits per heavy atom. The molecule has 0 saturated heterocycles. The van der Waals surface area contributed by atoms with E-state index in [4.69, 9.17) is 11.6 Å². The maximum atomic E-state index is 5.73. The maximum Gasteiger partial charge on any atom is 0.224 e. The van der Waals surface area contributed by atoms with Gasteiger partial charge < -0.3 is 0 Å². The Morgan fingerprint density at radius 1 is 1.12 bits per heavy atom. The molecule has 2 aromatic heterocycles. The number of rotatable bonds is 1. The summed E-state index contributed by atoms with van der Waals surface area (Å²) in [5.41, 5.74) is 1.70. The van der Waals surface area contributed by atoms with Crippen LogP contribution >= 0.6 is 11.6 Å².